The van der Waals surface area contributed by atoms with Crippen LogP contribution in [0.3, 0.4) is 0 Å². The summed E-state index contributed by atoms with van der Waals surface area (Å²) in [7, 11) is 1.63. The number of aromatic amines is 1. The molecule has 0 unspecified atom stereocenters. The van der Waals surface area contributed by atoms with Crippen molar-refractivity contribution in [3.8, 4) is 17.2 Å². The minimum Gasteiger partial charge on any atom is -0.497 e. The summed E-state index contributed by atoms with van der Waals surface area (Å²) in [5, 5.41) is 19.3. The van der Waals surface area contributed by atoms with Crippen molar-refractivity contribution in [3.63, 3.8) is 0 Å². The molecule has 4 aromatic rings. The Hall–Kier alpha value is -3.35. The minimum absolute atomic E-state index is 0.380. The van der Waals surface area contributed by atoms with Crippen LogP contribution in [0, 0.1) is 0 Å². The number of benzene rings is 2. The van der Waals surface area contributed by atoms with Gasteiger partial charge in [0.05, 0.1) is 18.8 Å². The summed E-state index contributed by atoms with van der Waals surface area (Å²) >= 11 is 0. The van der Waals surface area contributed by atoms with Crippen molar-refractivity contribution >= 4 is 16.9 Å². The van der Waals surface area contributed by atoms with E-state index in [1.807, 2.05) is 42.5 Å². The van der Waals surface area contributed by atoms with Crippen LogP contribution in [-0.2, 0) is 6.54 Å². The first-order valence-electron chi connectivity index (χ1n) is 7.45. The predicted molar refractivity (Wildman–Crippen MR) is 89.7 cm³/mol. The molecular weight excluding hydrogens is 306 g/mol. The standard InChI is InChI=1S/C17H15N5O2/c1-23-14-6-4-12(5-7-14)16-21-22-17(24-16)18-9-11-2-3-13-10-19-20-15(13)8-11/h2-8,10H,9H2,1H3,(H,18,22)(H,19,20). The summed E-state index contributed by atoms with van der Waals surface area (Å²) < 4.78 is 10.8. The zero-order valence-corrected chi connectivity index (χ0v) is 13.0. The second kappa shape index (κ2) is 6.04. The summed E-state index contributed by atoms with van der Waals surface area (Å²) in [5.74, 6) is 1.25. The van der Waals surface area contributed by atoms with Crippen molar-refractivity contribution in [2.24, 2.45) is 0 Å². The third-order valence-electron chi connectivity index (χ3n) is 3.71. The van der Waals surface area contributed by atoms with E-state index >= 15 is 0 Å². The van der Waals surface area contributed by atoms with Gasteiger partial charge in [0, 0.05) is 17.5 Å². The summed E-state index contributed by atoms with van der Waals surface area (Å²) in [5.41, 5.74) is 2.94. The van der Waals surface area contributed by atoms with Crippen LogP contribution in [-0.4, -0.2) is 27.5 Å². The van der Waals surface area contributed by atoms with E-state index in [0.717, 1.165) is 27.8 Å². The highest BCUT2D eigenvalue weighted by atomic mass is 16.5. The van der Waals surface area contributed by atoms with Crippen molar-refractivity contribution in [1.29, 1.82) is 0 Å². The molecule has 120 valence electrons. The molecule has 0 amide bonds. The van der Waals surface area contributed by atoms with Gasteiger partial charge in [-0.2, -0.15) is 5.10 Å². The molecule has 0 saturated heterocycles. The van der Waals surface area contributed by atoms with E-state index in [9.17, 15) is 0 Å². The number of methoxy groups -OCH3 is 1. The molecule has 0 saturated carbocycles. The Labute approximate surface area is 137 Å². The van der Waals surface area contributed by atoms with Crippen LogP contribution < -0.4 is 10.1 Å². The molecule has 0 aliphatic carbocycles. The Morgan fingerprint density at radius 1 is 1.12 bits per heavy atom. The molecule has 2 aromatic heterocycles. The number of ether oxygens (including phenoxy) is 1. The fourth-order valence-corrected chi connectivity index (χ4v) is 2.42. The van der Waals surface area contributed by atoms with E-state index in [1.54, 1.807) is 13.3 Å². The van der Waals surface area contributed by atoms with Crippen LogP contribution in [0.4, 0.5) is 6.01 Å². The van der Waals surface area contributed by atoms with Crippen LogP contribution in [0.15, 0.2) is 53.1 Å². The molecule has 0 fully saturated rings. The van der Waals surface area contributed by atoms with E-state index in [-0.39, 0.29) is 0 Å². The fourth-order valence-electron chi connectivity index (χ4n) is 2.42. The Balaban J connectivity index is 1.46. The lowest BCUT2D eigenvalue weighted by atomic mass is 10.2. The molecule has 7 heteroatoms. The Kier molecular flexibility index (Phi) is 3.59. The van der Waals surface area contributed by atoms with Gasteiger partial charge in [-0.15, -0.1) is 5.10 Å². The largest absolute Gasteiger partial charge is 0.497 e. The number of fused-ring (bicyclic) bond motifs is 1. The summed E-state index contributed by atoms with van der Waals surface area (Å²) in [6, 6.07) is 13.9. The quantitative estimate of drug-likeness (QED) is 0.586. The van der Waals surface area contributed by atoms with Crippen LogP contribution >= 0.6 is 0 Å². The zero-order chi connectivity index (χ0) is 16.4. The van der Waals surface area contributed by atoms with Crippen LogP contribution in [0.1, 0.15) is 5.56 Å². The number of hydrogen-bond donors (Lipinski definition) is 2. The second-order valence-corrected chi connectivity index (χ2v) is 5.29. The zero-order valence-electron chi connectivity index (χ0n) is 13.0. The average Bonchev–Trinajstić information content (AvgIpc) is 3.29. The molecule has 2 heterocycles. The minimum atomic E-state index is 0.380. The molecule has 0 bridgehead atoms. The molecule has 0 aliphatic rings. The van der Waals surface area contributed by atoms with Gasteiger partial charge in [0.15, 0.2) is 0 Å². The van der Waals surface area contributed by atoms with Gasteiger partial charge >= 0.3 is 6.01 Å². The maximum atomic E-state index is 5.64. The lowest BCUT2D eigenvalue weighted by Gasteiger charge is -2.02. The highest BCUT2D eigenvalue weighted by Crippen LogP contribution is 2.23. The predicted octanol–water partition coefficient (Wildman–Crippen LogP) is 3.23. The highest BCUT2D eigenvalue weighted by Gasteiger charge is 2.08. The molecule has 4 rings (SSSR count). The molecule has 0 atom stereocenters. The molecule has 0 spiro atoms. The van der Waals surface area contributed by atoms with E-state index in [2.05, 4.69) is 25.7 Å². The summed E-state index contributed by atoms with van der Waals surface area (Å²) in [4.78, 5) is 0. The van der Waals surface area contributed by atoms with Gasteiger partial charge in [-0.05, 0) is 35.9 Å². The Morgan fingerprint density at radius 2 is 2.00 bits per heavy atom. The molecule has 7 nitrogen and oxygen atoms in total. The molecule has 0 radical (unpaired) electrons. The third kappa shape index (κ3) is 2.79. The van der Waals surface area contributed by atoms with Crippen molar-refractivity contribution < 1.29 is 9.15 Å². The van der Waals surface area contributed by atoms with Gasteiger partial charge in [-0.25, -0.2) is 0 Å². The monoisotopic (exact) mass is 321 g/mol. The number of hydrogen-bond acceptors (Lipinski definition) is 6. The molecule has 2 N–H and O–H groups in total. The van der Waals surface area contributed by atoms with E-state index < -0.39 is 0 Å². The second-order valence-electron chi connectivity index (χ2n) is 5.29. The molecule has 2 aromatic carbocycles. The number of anilines is 1. The average molecular weight is 321 g/mol. The Bertz CT molecular complexity index is 958. The van der Waals surface area contributed by atoms with Crippen LogP contribution in [0.5, 0.6) is 5.75 Å². The normalized spacial score (nSPS) is 10.9. The summed E-state index contributed by atoms with van der Waals surface area (Å²) in [6.45, 7) is 0.583. The number of H-pyrrole nitrogens is 1. The van der Waals surface area contributed by atoms with Crippen molar-refractivity contribution in [2.75, 3.05) is 12.4 Å². The maximum Gasteiger partial charge on any atom is 0.316 e. The number of nitrogens with one attached hydrogen (secondary N) is 2. The van der Waals surface area contributed by atoms with E-state index in [0.29, 0.717) is 18.5 Å². The SMILES string of the molecule is COc1ccc(-c2nnc(NCc3ccc4cn[nH]c4c3)o2)cc1. The summed E-state index contributed by atoms with van der Waals surface area (Å²) in [6.07, 6.45) is 1.80. The van der Waals surface area contributed by atoms with Crippen LogP contribution in [0.2, 0.25) is 0 Å². The van der Waals surface area contributed by atoms with Crippen LogP contribution in [0.25, 0.3) is 22.4 Å². The first-order valence-corrected chi connectivity index (χ1v) is 7.45. The van der Waals surface area contributed by atoms with Gasteiger partial charge in [0.1, 0.15) is 5.75 Å². The molecule has 0 aliphatic heterocycles. The molecular formula is C17H15N5O2. The number of nitrogens with zero attached hydrogens (tertiary/aromatic N) is 3. The first kappa shape index (κ1) is 14.3. The Morgan fingerprint density at radius 3 is 2.83 bits per heavy atom. The topological polar surface area (TPSA) is 88.9 Å². The highest BCUT2D eigenvalue weighted by molar-refractivity contribution is 5.78. The van der Waals surface area contributed by atoms with E-state index in [4.69, 9.17) is 9.15 Å². The number of aromatic nitrogens is 4. The van der Waals surface area contributed by atoms with Gasteiger partial charge in [0.25, 0.3) is 0 Å². The van der Waals surface area contributed by atoms with Gasteiger partial charge in [-0.3, -0.25) is 5.10 Å². The fraction of sp³-hybridized carbons (Fsp3) is 0.118. The lowest BCUT2D eigenvalue weighted by molar-refractivity contribution is 0.415. The smallest absolute Gasteiger partial charge is 0.316 e. The third-order valence-corrected chi connectivity index (χ3v) is 3.71. The van der Waals surface area contributed by atoms with Crippen molar-refractivity contribution in [1.82, 2.24) is 20.4 Å². The van der Waals surface area contributed by atoms with Gasteiger partial charge in [0.2, 0.25) is 5.89 Å². The number of rotatable bonds is 5. The maximum absolute atomic E-state index is 5.64. The first-order chi connectivity index (χ1) is 11.8. The van der Waals surface area contributed by atoms with Gasteiger partial charge < -0.3 is 14.5 Å². The molecule has 24 heavy (non-hydrogen) atoms. The lowest BCUT2D eigenvalue weighted by Crippen LogP contribution is -1.99. The van der Waals surface area contributed by atoms with Gasteiger partial charge in [-0.1, -0.05) is 17.2 Å². The van der Waals surface area contributed by atoms with E-state index in [1.165, 1.54) is 0 Å². The van der Waals surface area contributed by atoms with Crippen molar-refractivity contribution in [3.05, 3.63) is 54.2 Å². The van der Waals surface area contributed by atoms with Crippen molar-refractivity contribution in [2.45, 2.75) is 6.54 Å².